The molecule has 0 unspecified atom stereocenters. The number of H-pyrrole nitrogens is 1. The van der Waals surface area contributed by atoms with Crippen LogP contribution in [0.25, 0.3) is 5.65 Å². The highest BCUT2D eigenvalue weighted by atomic mass is 16.1. The second-order valence-electron chi connectivity index (χ2n) is 4.99. The molecular formula is C12H20N6O. The summed E-state index contributed by atoms with van der Waals surface area (Å²) in [7, 11) is 0. The van der Waals surface area contributed by atoms with E-state index in [4.69, 9.17) is 5.73 Å². The number of hydrogen-bond acceptors (Lipinski definition) is 5. The minimum Gasteiger partial charge on any atom is -0.356 e. The van der Waals surface area contributed by atoms with E-state index < -0.39 is 0 Å². The maximum atomic E-state index is 11.4. The maximum Gasteiger partial charge on any atom is 0.348 e. The van der Waals surface area contributed by atoms with Gasteiger partial charge >= 0.3 is 5.69 Å². The molecule has 7 heteroatoms. The molecule has 2 aromatic rings. The molecule has 0 bridgehead atoms. The van der Waals surface area contributed by atoms with Crippen LogP contribution in [0.5, 0.6) is 0 Å². The molecular weight excluding hydrogens is 244 g/mol. The van der Waals surface area contributed by atoms with Crippen molar-refractivity contribution in [2.24, 2.45) is 11.7 Å². The average Bonchev–Trinajstić information content (AvgIpc) is 2.75. The Hall–Kier alpha value is -1.89. The van der Waals surface area contributed by atoms with Crippen molar-refractivity contribution >= 4 is 11.5 Å². The number of aromatic amines is 1. The minimum atomic E-state index is -0.272. The lowest BCUT2D eigenvalue weighted by atomic mass is 10.2. The molecule has 0 amide bonds. The van der Waals surface area contributed by atoms with Crippen LogP contribution in [0, 0.1) is 5.92 Å². The van der Waals surface area contributed by atoms with Crippen LogP contribution < -0.4 is 16.3 Å². The molecule has 0 saturated heterocycles. The van der Waals surface area contributed by atoms with Crippen molar-refractivity contribution in [3.63, 3.8) is 0 Å². The van der Waals surface area contributed by atoms with E-state index in [2.05, 4.69) is 33.9 Å². The third-order valence-electron chi connectivity index (χ3n) is 2.84. The van der Waals surface area contributed by atoms with E-state index >= 15 is 0 Å². The zero-order valence-electron chi connectivity index (χ0n) is 11.3. The molecule has 0 fully saturated rings. The third-order valence-corrected chi connectivity index (χ3v) is 2.84. The van der Waals surface area contributed by atoms with Crippen LogP contribution in [0.3, 0.4) is 0 Å². The Kier molecular flexibility index (Phi) is 4.16. The first-order valence-electron chi connectivity index (χ1n) is 6.49. The second kappa shape index (κ2) is 5.83. The van der Waals surface area contributed by atoms with Crippen LogP contribution in [0.15, 0.2) is 17.2 Å². The molecule has 0 aliphatic rings. The number of fused-ring (bicyclic) bond motifs is 1. The Labute approximate surface area is 111 Å². The van der Waals surface area contributed by atoms with Gasteiger partial charge in [-0.05, 0) is 18.9 Å². The van der Waals surface area contributed by atoms with Gasteiger partial charge in [-0.15, -0.1) is 0 Å². The summed E-state index contributed by atoms with van der Waals surface area (Å²) in [5.74, 6) is 1.35. The summed E-state index contributed by atoms with van der Waals surface area (Å²) in [6, 6.07) is 1.82. The van der Waals surface area contributed by atoms with Crippen LogP contribution in [0.4, 0.5) is 5.82 Å². The van der Waals surface area contributed by atoms with Crippen molar-refractivity contribution < 1.29 is 0 Å². The molecule has 104 valence electrons. The molecule has 0 radical (unpaired) electrons. The maximum absolute atomic E-state index is 11.4. The van der Waals surface area contributed by atoms with E-state index in [-0.39, 0.29) is 5.69 Å². The standard InChI is InChI=1S/C12H20N6O/c1-9(2)7-17(5-3-4-13)10-6-11-15-16-12(19)18(11)8-14-10/h6,8-9H,3-5,7,13H2,1-2H3,(H,16,19). The van der Waals surface area contributed by atoms with Crippen molar-refractivity contribution in [1.29, 1.82) is 0 Å². The van der Waals surface area contributed by atoms with Gasteiger partial charge in [0.05, 0.1) is 0 Å². The third kappa shape index (κ3) is 3.11. The highest BCUT2D eigenvalue weighted by Crippen LogP contribution is 2.13. The Morgan fingerprint density at radius 1 is 1.53 bits per heavy atom. The SMILES string of the molecule is CC(C)CN(CCCN)c1cc2n[nH]c(=O)n2cn1. The number of nitrogens with two attached hydrogens (primary N) is 1. The summed E-state index contributed by atoms with van der Waals surface area (Å²) >= 11 is 0. The number of anilines is 1. The van der Waals surface area contributed by atoms with Crippen molar-refractivity contribution in [3.8, 4) is 0 Å². The minimum absolute atomic E-state index is 0.272. The van der Waals surface area contributed by atoms with E-state index in [1.807, 2.05) is 6.07 Å². The van der Waals surface area contributed by atoms with Gasteiger partial charge < -0.3 is 10.6 Å². The van der Waals surface area contributed by atoms with E-state index in [0.29, 0.717) is 18.1 Å². The van der Waals surface area contributed by atoms with Crippen LogP contribution in [0.2, 0.25) is 0 Å². The van der Waals surface area contributed by atoms with E-state index in [1.165, 1.54) is 10.7 Å². The molecule has 0 atom stereocenters. The van der Waals surface area contributed by atoms with Gasteiger partial charge in [0, 0.05) is 19.2 Å². The van der Waals surface area contributed by atoms with Crippen molar-refractivity contribution in [2.75, 3.05) is 24.5 Å². The van der Waals surface area contributed by atoms with Crippen molar-refractivity contribution in [2.45, 2.75) is 20.3 Å². The number of nitrogens with one attached hydrogen (secondary N) is 1. The fraction of sp³-hybridized carbons (Fsp3) is 0.583. The molecule has 0 aromatic carbocycles. The molecule has 19 heavy (non-hydrogen) atoms. The normalized spacial score (nSPS) is 11.4. The van der Waals surface area contributed by atoms with Crippen LogP contribution in [-0.2, 0) is 0 Å². The molecule has 3 N–H and O–H groups in total. The van der Waals surface area contributed by atoms with Crippen molar-refractivity contribution in [3.05, 3.63) is 22.9 Å². The van der Waals surface area contributed by atoms with Gasteiger partial charge in [0.2, 0.25) is 0 Å². The first-order chi connectivity index (χ1) is 9.11. The fourth-order valence-electron chi connectivity index (χ4n) is 2.00. The molecule has 7 nitrogen and oxygen atoms in total. The van der Waals surface area contributed by atoms with Gasteiger partial charge in [0.15, 0.2) is 5.65 Å². The average molecular weight is 264 g/mol. The molecule has 0 saturated carbocycles. The topological polar surface area (TPSA) is 92.3 Å². The second-order valence-corrected chi connectivity index (χ2v) is 4.99. The van der Waals surface area contributed by atoms with Gasteiger partial charge in [0.25, 0.3) is 0 Å². The molecule has 0 aliphatic carbocycles. The molecule has 2 aromatic heterocycles. The first kappa shape index (κ1) is 13.5. The number of aromatic nitrogens is 4. The summed E-state index contributed by atoms with van der Waals surface area (Å²) in [6.07, 6.45) is 2.42. The largest absolute Gasteiger partial charge is 0.356 e. The lowest BCUT2D eigenvalue weighted by Crippen LogP contribution is -2.31. The lowest BCUT2D eigenvalue weighted by Gasteiger charge is -2.25. The number of hydrogen-bond donors (Lipinski definition) is 2. The highest BCUT2D eigenvalue weighted by Gasteiger charge is 2.11. The predicted octanol–water partition coefficient (Wildman–Crippen LogP) is 0.229. The Morgan fingerprint density at radius 2 is 2.32 bits per heavy atom. The van der Waals surface area contributed by atoms with Crippen molar-refractivity contribution in [1.82, 2.24) is 19.6 Å². The summed E-state index contributed by atoms with van der Waals surface area (Å²) < 4.78 is 1.39. The smallest absolute Gasteiger partial charge is 0.348 e. The molecule has 0 spiro atoms. The molecule has 0 aliphatic heterocycles. The summed E-state index contributed by atoms with van der Waals surface area (Å²) in [6.45, 7) is 6.73. The zero-order chi connectivity index (χ0) is 13.8. The Morgan fingerprint density at radius 3 is 3.00 bits per heavy atom. The fourth-order valence-corrected chi connectivity index (χ4v) is 2.00. The van der Waals surface area contributed by atoms with Gasteiger partial charge in [-0.2, -0.15) is 5.10 Å². The number of rotatable bonds is 6. The van der Waals surface area contributed by atoms with Gasteiger partial charge in [-0.25, -0.2) is 19.3 Å². The van der Waals surface area contributed by atoms with Gasteiger partial charge in [0.1, 0.15) is 12.1 Å². The highest BCUT2D eigenvalue weighted by molar-refractivity contribution is 5.50. The first-order valence-corrected chi connectivity index (χ1v) is 6.49. The lowest BCUT2D eigenvalue weighted by molar-refractivity contribution is 0.596. The summed E-state index contributed by atoms with van der Waals surface area (Å²) in [5.41, 5.74) is 5.88. The van der Waals surface area contributed by atoms with Gasteiger partial charge in [-0.3, -0.25) is 0 Å². The number of nitrogens with zero attached hydrogens (tertiary/aromatic N) is 4. The quantitative estimate of drug-likeness (QED) is 0.779. The van der Waals surface area contributed by atoms with Crippen LogP contribution in [-0.4, -0.2) is 39.2 Å². The Bertz CT molecular complexity index is 587. The van der Waals surface area contributed by atoms with Crippen LogP contribution in [0.1, 0.15) is 20.3 Å². The van der Waals surface area contributed by atoms with E-state index in [1.54, 1.807) is 0 Å². The van der Waals surface area contributed by atoms with E-state index in [0.717, 1.165) is 25.3 Å². The molecule has 2 heterocycles. The summed E-state index contributed by atoms with van der Waals surface area (Å²) in [4.78, 5) is 17.9. The van der Waals surface area contributed by atoms with Gasteiger partial charge in [-0.1, -0.05) is 13.8 Å². The van der Waals surface area contributed by atoms with Crippen LogP contribution >= 0.6 is 0 Å². The zero-order valence-corrected chi connectivity index (χ0v) is 11.3. The predicted molar refractivity (Wildman–Crippen MR) is 74.3 cm³/mol. The summed E-state index contributed by atoms with van der Waals surface area (Å²) in [5, 5.41) is 6.36. The monoisotopic (exact) mass is 264 g/mol. The van der Waals surface area contributed by atoms with E-state index in [9.17, 15) is 4.79 Å². The molecule has 2 rings (SSSR count). The Balaban J connectivity index is 2.29.